The lowest BCUT2D eigenvalue weighted by Gasteiger charge is -2.35. The Kier molecular flexibility index (Phi) is 5.19. The Morgan fingerprint density at radius 1 is 1.00 bits per heavy atom. The van der Waals surface area contributed by atoms with Crippen LogP contribution in [0.25, 0.3) is 0 Å². The standard InChI is InChI=1S/C14H24N2O3/c1-19-11-14(18)16-8-6-15(7-9-16)13(17)10-12-4-2-3-5-12/h12H,2-11H2,1H3. The molecule has 5 nitrogen and oxygen atoms in total. The van der Waals surface area contributed by atoms with Gasteiger partial charge in [0.05, 0.1) is 0 Å². The van der Waals surface area contributed by atoms with Gasteiger partial charge in [-0.15, -0.1) is 0 Å². The second kappa shape index (κ2) is 6.89. The van der Waals surface area contributed by atoms with Crippen LogP contribution < -0.4 is 0 Å². The lowest BCUT2D eigenvalue weighted by atomic mass is 10.0. The Bertz CT molecular complexity index is 319. The van der Waals surface area contributed by atoms with Crippen LogP contribution in [-0.2, 0) is 14.3 Å². The second-order valence-electron chi connectivity index (χ2n) is 5.55. The molecule has 19 heavy (non-hydrogen) atoms. The first-order valence-electron chi connectivity index (χ1n) is 7.25. The Morgan fingerprint density at radius 2 is 1.53 bits per heavy atom. The number of rotatable bonds is 4. The molecular weight excluding hydrogens is 244 g/mol. The number of nitrogens with zero attached hydrogens (tertiary/aromatic N) is 2. The van der Waals surface area contributed by atoms with E-state index in [0.29, 0.717) is 38.5 Å². The van der Waals surface area contributed by atoms with Gasteiger partial charge in [-0.05, 0) is 18.8 Å². The average Bonchev–Trinajstić information content (AvgIpc) is 2.92. The van der Waals surface area contributed by atoms with E-state index in [1.165, 1.54) is 32.8 Å². The predicted molar refractivity (Wildman–Crippen MR) is 71.6 cm³/mol. The highest BCUT2D eigenvalue weighted by Crippen LogP contribution is 2.28. The third-order valence-corrected chi connectivity index (χ3v) is 4.19. The summed E-state index contributed by atoms with van der Waals surface area (Å²) in [4.78, 5) is 27.5. The molecule has 0 atom stereocenters. The molecule has 1 aliphatic carbocycles. The van der Waals surface area contributed by atoms with Crippen molar-refractivity contribution < 1.29 is 14.3 Å². The molecule has 0 aromatic carbocycles. The maximum Gasteiger partial charge on any atom is 0.248 e. The lowest BCUT2D eigenvalue weighted by Crippen LogP contribution is -2.51. The molecule has 0 aromatic heterocycles. The summed E-state index contributed by atoms with van der Waals surface area (Å²) in [6, 6.07) is 0. The van der Waals surface area contributed by atoms with Crippen molar-refractivity contribution in [2.75, 3.05) is 39.9 Å². The zero-order valence-corrected chi connectivity index (χ0v) is 11.8. The molecule has 1 saturated heterocycles. The van der Waals surface area contributed by atoms with Gasteiger partial charge in [0.1, 0.15) is 6.61 Å². The quantitative estimate of drug-likeness (QED) is 0.760. The summed E-state index contributed by atoms with van der Waals surface area (Å²) in [6.45, 7) is 2.75. The zero-order chi connectivity index (χ0) is 13.7. The van der Waals surface area contributed by atoms with Gasteiger partial charge in [-0.1, -0.05) is 12.8 Å². The molecule has 2 rings (SSSR count). The van der Waals surface area contributed by atoms with Gasteiger partial charge in [-0.25, -0.2) is 0 Å². The highest BCUT2D eigenvalue weighted by molar-refractivity contribution is 5.79. The number of carbonyl (C=O) groups excluding carboxylic acids is 2. The van der Waals surface area contributed by atoms with Crippen molar-refractivity contribution in [2.24, 2.45) is 5.92 Å². The molecule has 2 fully saturated rings. The van der Waals surface area contributed by atoms with Gasteiger partial charge in [0.2, 0.25) is 11.8 Å². The smallest absolute Gasteiger partial charge is 0.248 e. The fourth-order valence-corrected chi connectivity index (χ4v) is 3.01. The summed E-state index contributed by atoms with van der Waals surface area (Å²) in [5.74, 6) is 0.886. The van der Waals surface area contributed by atoms with Gasteiger partial charge in [0.15, 0.2) is 0 Å². The van der Waals surface area contributed by atoms with Crippen LogP contribution >= 0.6 is 0 Å². The topological polar surface area (TPSA) is 49.9 Å². The van der Waals surface area contributed by atoms with E-state index in [4.69, 9.17) is 4.74 Å². The van der Waals surface area contributed by atoms with Crippen molar-refractivity contribution in [3.05, 3.63) is 0 Å². The van der Waals surface area contributed by atoms with Crippen molar-refractivity contribution in [3.63, 3.8) is 0 Å². The van der Waals surface area contributed by atoms with E-state index in [2.05, 4.69) is 0 Å². The van der Waals surface area contributed by atoms with E-state index in [1.807, 2.05) is 4.90 Å². The summed E-state index contributed by atoms with van der Waals surface area (Å²) >= 11 is 0. The molecule has 0 radical (unpaired) electrons. The molecule has 2 amide bonds. The van der Waals surface area contributed by atoms with Gasteiger partial charge >= 0.3 is 0 Å². The van der Waals surface area contributed by atoms with Gasteiger partial charge in [0, 0.05) is 39.7 Å². The van der Waals surface area contributed by atoms with Crippen LogP contribution in [0, 0.1) is 5.92 Å². The first kappa shape index (κ1) is 14.3. The Morgan fingerprint density at radius 3 is 2.05 bits per heavy atom. The van der Waals surface area contributed by atoms with Crippen LogP contribution in [0.5, 0.6) is 0 Å². The third kappa shape index (κ3) is 3.93. The van der Waals surface area contributed by atoms with E-state index in [9.17, 15) is 9.59 Å². The molecule has 0 aromatic rings. The molecule has 1 heterocycles. The van der Waals surface area contributed by atoms with Crippen LogP contribution in [0.15, 0.2) is 0 Å². The van der Waals surface area contributed by atoms with Crippen LogP contribution in [0.3, 0.4) is 0 Å². The molecule has 0 N–H and O–H groups in total. The number of ether oxygens (including phenoxy) is 1. The number of piperazine rings is 1. The first-order valence-corrected chi connectivity index (χ1v) is 7.25. The fraction of sp³-hybridized carbons (Fsp3) is 0.857. The van der Waals surface area contributed by atoms with Crippen LogP contribution in [0.4, 0.5) is 0 Å². The van der Waals surface area contributed by atoms with E-state index < -0.39 is 0 Å². The number of hydrogen-bond acceptors (Lipinski definition) is 3. The van der Waals surface area contributed by atoms with Crippen LogP contribution in [0.2, 0.25) is 0 Å². The summed E-state index contributed by atoms with van der Waals surface area (Å²) in [5, 5.41) is 0. The normalized spacial score (nSPS) is 20.9. The molecule has 5 heteroatoms. The minimum absolute atomic E-state index is 0.0189. The summed E-state index contributed by atoms with van der Waals surface area (Å²) in [7, 11) is 1.53. The zero-order valence-electron chi connectivity index (χ0n) is 11.8. The van der Waals surface area contributed by atoms with Crippen LogP contribution in [-0.4, -0.2) is 61.5 Å². The maximum absolute atomic E-state index is 12.2. The largest absolute Gasteiger partial charge is 0.375 e. The van der Waals surface area contributed by atoms with Crippen LogP contribution in [0.1, 0.15) is 32.1 Å². The molecule has 0 bridgehead atoms. The Labute approximate surface area is 114 Å². The summed E-state index contributed by atoms with van der Waals surface area (Å²) < 4.78 is 4.85. The van der Waals surface area contributed by atoms with Gasteiger partial charge in [-0.3, -0.25) is 9.59 Å². The Balaban J connectivity index is 1.72. The monoisotopic (exact) mass is 268 g/mol. The van der Waals surface area contributed by atoms with Crippen molar-refractivity contribution in [1.29, 1.82) is 0 Å². The van der Waals surface area contributed by atoms with E-state index >= 15 is 0 Å². The second-order valence-corrected chi connectivity index (χ2v) is 5.55. The number of amides is 2. The minimum atomic E-state index is 0.0189. The van der Waals surface area contributed by atoms with Crippen molar-refractivity contribution >= 4 is 11.8 Å². The number of carbonyl (C=O) groups is 2. The molecule has 2 aliphatic rings. The summed E-state index contributed by atoms with van der Waals surface area (Å²) in [5.41, 5.74) is 0. The fourth-order valence-electron chi connectivity index (χ4n) is 3.01. The van der Waals surface area contributed by atoms with Crippen molar-refractivity contribution in [3.8, 4) is 0 Å². The van der Waals surface area contributed by atoms with E-state index in [-0.39, 0.29) is 18.4 Å². The van der Waals surface area contributed by atoms with Crippen molar-refractivity contribution in [2.45, 2.75) is 32.1 Å². The van der Waals surface area contributed by atoms with E-state index in [0.717, 1.165) is 0 Å². The minimum Gasteiger partial charge on any atom is -0.375 e. The molecule has 0 spiro atoms. The molecule has 108 valence electrons. The predicted octanol–water partition coefficient (Wildman–Crippen LogP) is 0.884. The highest BCUT2D eigenvalue weighted by atomic mass is 16.5. The van der Waals surface area contributed by atoms with Gasteiger partial charge in [-0.2, -0.15) is 0 Å². The highest BCUT2D eigenvalue weighted by Gasteiger charge is 2.26. The summed E-state index contributed by atoms with van der Waals surface area (Å²) in [6.07, 6.45) is 5.66. The number of methoxy groups -OCH3 is 1. The van der Waals surface area contributed by atoms with Gasteiger partial charge < -0.3 is 14.5 Å². The average molecular weight is 268 g/mol. The van der Waals surface area contributed by atoms with E-state index in [1.54, 1.807) is 4.90 Å². The maximum atomic E-state index is 12.2. The molecule has 1 aliphatic heterocycles. The molecular formula is C14H24N2O3. The molecule has 0 unspecified atom stereocenters. The molecule has 1 saturated carbocycles. The Hall–Kier alpha value is -1.10. The SMILES string of the molecule is COCC(=O)N1CCN(C(=O)CC2CCCC2)CC1. The lowest BCUT2D eigenvalue weighted by molar-refractivity contribution is -0.142. The van der Waals surface area contributed by atoms with Crippen molar-refractivity contribution in [1.82, 2.24) is 9.80 Å². The first-order chi connectivity index (χ1) is 9.20. The third-order valence-electron chi connectivity index (χ3n) is 4.19. The number of hydrogen-bond donors (Lipinski definition) is 0. The van der Waals surface area contributed by atoms with Gasteiger partial charge in [0.25, 0.3) is 0 Å².